The summed E-state index contributed by atoms with van der Waals surface area (Å²) < 4.78 is 29.4. The van der Waals surface area contributed by atoms with E-state index in [1.54, 1.807) is 10.3 Å². The van der Waals surface area contributed by atoms with E-state index in [-0.39, 0.29) is 23.5 Å². The Bertz CT molecular complexity index is 901. The van der Waals surface area contributed by atoms with Crippen molar-refractivity contribution in [3.63, 3.8) is 0 Å². The van der Waals surface area contributed by atoms with Crippen molar-refractivity contribution in [3.8, 4) is 10.8 Å². The van der Waals surface area contributed by atoms with Crippen LogP contribution in [0, 0.1) is 6.92 Å². The third-order valence-electron chi connectivity index (χ3n) is 4.59. The van der Waals surface area contributed by atoms with Crippen LogP contribution in [0.3, 0.4) is 0 Å². The molecule has 0 aromatic carbocycles. The number of carbonyl (C=O) groups is 1. The van der Waals surface area contributed by atoms with E-state index in [0.717, 1.165) is 18.7 Å². The second kappa shape index (κ2) is 8.12. The Morgan fingerprint density at radius 1 is 1.33 bits per heavy atom. The maximum atomic E-state index is 13.1. The highest BCUT2D eigenvalue weighted by Gasteiger charge is 2.35. The minimum atomic E-state index is -3.07. The molecule has 1 atom stereocenters. The topological polar surface area (TPSA) is 83.7 Å². The van der Waals surface area contributed by atoms with Gasteiger partial charge in [-0.05, 0) is 52.5 Å². The molecule has 0 radical (unpaired) electrons. The first-order valence-corrected chi connectivity index (χ1v) is 11.6. The van der Waals surface area contributed by atoms with Crippen molar-refractivity contribution in [1.29, 1.82) is 0 Å². The lowest BCUT2D eigenvalue weighted by atomic mass is 10.2. The van der Waals surface area contributed by atoms with E-state index >= 15 is 0 Å². The number of aryl methyl sites for hydroxylation is 1. The normalized spacial score (nSPS) is 18.9. The monoisotopic (exact) mass is 411 g/mol. The first kappa shape index (κ1) is 20.0. The zero-order valence-corrected chi connectivity index (χ0v) is 17.5. The summed E-state index contributed by atoms with van der Waals surface area (Å²) in [4.78, 5) is 21.3. The molecular weight excluding hydrogens is 386 g/mol. The molecule has 9 heteroatoms. The summed E-state index contributed by atoms with van der Waals surface area (Å²) in [6.07, 6.45) is 1.27. The number of thiazole rings is 1. The molecule has 0 spiro atoms. The van der Waals surface area contributed by atoms with Crippen molar-refractivity contribution >= 4 is 27.1 Å². The van der Waals surface area contributed by atoms with Gasteiger partial charge in [-0.1, -0.05) is 0 Å². The molecule has 0 N–H and O–H groups in total. The molecule has 1 unspecified atom stereocenters. The van der Waals surface area contributed by atoms with Crippen molar-refractivity contribution in [2.45, 2.75) is 25.8 Å². The van der Waals surface area contributed by atoms with Crippen LogP contribution in [0.4, 0.5) is 0 Å². The molecule has 0 aliphatic carbocycles. The van der Waals surface area contributed by atoms with Gasteiger partial charge in [0, 0.05) is 18.0 Å². The Labute approximate surface area is 163 Å². The van der Waals surface area contributed by atoms with Gasteiger partial charge in [0.25, 0.3) is 5.91 Å². The lowest BCUT2D eigenvalue weighted by Gasteiger charge is -2.28. The standard InChI is InChI=1S/C18H25N3O4S2/c1-13-5-6-16(25-13)17-19-15(11-26-17)18(22)21(9-4-8-20(2)3)14-7-10-27(23,24)12-14/h5-6,11,14H,4,7-10,12H2,1-3H3. The highest BCUT2D eigenvalue weighted by atomic mass is 32.2. The van der Waals surface area contributed by atoms with Crippen molar-refractivity contribution in [1.82, 2.24) is 14.8 Å². The highest BCUT2D eigenvalue weighted by molar-refractivity contribution is 7.91. The molecule has 1 aliphatic heterocycles. The first-order chi connectivity index (χ1) is 12.7. The molecule has 3 rings (SSSR count). The number of carbonyl (C=O) groups excluding carboxylic acids is 1. The summed E-state index contributed by atoms with van der Waals surface area (Å²) in [6.45, 7) is 3.21. The molecule has 27 heavy (non-hydrogen) atoms. The Morgan fingerprint density at radius 2 is 2.11 bits per heavy atom. The van der Waals surface area contributed by atoms with Gasteiger partial charge in [-0.2, -0.15) is 0 Å². The fourth-order valence-corrected chi connectivity index (χ4v) is 5.69. The molecule has 3 heterocycles. The number of hydrogen-bond acceptors (Lipinski definition) is 7. The number of amides is 1. The average Bonchev–Trinajstić information content (AvgIpc) is 3.30. The number of rotatable bonds is 7. The molecule has 1 aliphatic rings. The first-order valence-electron chi connectivity index (χ1n) is 8.93. The minimum absolute atomic E-state index is 0.0368. The summed E-state index contributed by atoms with van der Waals surface area (Å²) in [5, 5.41) is 2.37. The zero-order valence-electron chi connectivity index (χ0n) is 15.8. The van der Waals surface area contributed by atoms with Crippen LogP contribution in [0.15, 0.2) is 21.9 Å². The summed E-state index contributed by atoms with van der Waals surface area (Å²) >= 11 is 1.35. The summed E-state index contributed by atoms with van der Waals surface area (Å²) in [5.41, 5.74) is 0.346. The largest absolute Gasteiger partial charge is 0.459 e. The highest BCUT2D eigenvalue weighted by Crippen LogP contribution is 2.27. The lowest BCUT2D eigenvalue weighted by molar-refractivity contribution is 0.0685. The van der Waals surface area contributed by atoms with Gasteiger partial charge in [-0.15, -0.1) is 11.3 Å². The maximum Gasteiger partial charge on any atom is 0.273 e. The van der Waals surface area contributed by atoms with Crippen LogP contribution >= 0.6 is 11.3 Å². The van der Waals surface area contributed by atoms with Gasteiger partial charge >= 0.3 is 0 Å². The maximum absolute atomic E-state index is 13.1. The van der Waals surface area contributed by atoms with E-state index in [4.69, 9.17) is 4.42 Å². The van der Waals surface area contributed by atoms with Crippen LogP contribution < -0.4 is 0 Å². The van der Waals surface area contributed by atoms with Gasteiger partial charge in [-0.3, -0.25) is 4.79 Å². The van der Waals surface area contributed by atoms with Crippen LogP contribution in [0.1, 0.15) is 29.1 Å². The van der Waals surface area contributed by atoms with Crippen LogP contribution in [-0.4, -0.2) is 73.8 Å². The Hall–Kier alpha value is -1.71. The number of hydrogen-bond donors (Lipinski definition) is 0. The van der Waals surface area contributed by atoms with Crippen LogP contribution in [0.25, 0.3) is 10.8 Å². The van der Waals surface area contributed by atoms with Gasteiger partial charge < -0.3 is 14.2 Å². The van der Waals surface area contributed by atoms with E-state index < -0.39 is 9.84 Å². The zero-order chi connectivity index (χ0) is 19.6. The van der Waals surface area contributed by atoms with Gasteiger partial charge in [0.15, 0.2) is 20.6 Å². The summed E-state index contributed by atoms with van der Waals surface area (Å²) in [6, 6.07) is 3.41. The summed E-state index contributed by atoms with van der Waals surface area (Å²) in [7, 11) is 0.883. The molecule has 2 aromatic rings. The number of sulfone groups is 1. The third-order valence-corrected chi connectivity index (χ3v) is 7.20. The van der Waals surface area contributed by atoms with Crippen LogP contribution in [-0.2, 0) is 9.84 Å². The fourth-order valence-electron chi connectivity index (χ4n) is 3.21. The second-order valence-corrected chi connectivity index (χ2v) is 10.2. The number of aromatic nitrogens is 1. The number of furan rings is 1. The van der Waals surface area contributed by atoms with E-state index in [9.17, 15) is 13.2 Å². The van der Waals surface area contributed by atoms with Crippen molar-refractivity contribution in [3.05, 3.63) is 29.0 Å². The molecular formula is C18H25N3O4S2. The average molecular weight is 412 g/mol. The molecule has 7 nitrogen and oxygen atoms in total. The Morgan fingerprint density at radius 3 is 2.70 bits per heavy atom. The van der Waals surface area contributed by atoms with Gasteiger partial charge in [0.2, 0.25) is 0 Å². The Kier molecular flexibility index (Phi) is 6.02. The van der Waals surface area contributed by atoms with E-state index in [1.807, 2.05) is 38.1 Å². The van der Waals surface area contributed by atoms with E-state index in [0.29, 0.717) is 29.4 Å². The van der Waals surface area contributed by atoms with E-state index in [2.05, 4.69) is 4.98 Å². The van der Waals surface area contributed by atoms with Gasteiger partial charge in [0.05, 0.1) is 11.5 Å². The van der Waals surface area contributed by atoms with Crippen molar-refractivity contribution in [2.24, 2.45) is 0 Å². The van der Waals surface area contributed by atoms with Crippen molar-refractivity contribution in [2.75, 3.05) is 38.7 Å². The third kappa shape index (κ3) is 4.97. The quantitative estimate of drug-likeness (QED) is 0.695. The molecule has 148 valence electrons. The van der Waals surface area contributed by atoms with Gasteiger partial charge in [0.1, 0.15) is 11.5 Å². The minimum Gasteiger partial charge on any atom is -0.459 e. The van der Waals surface area contributed by atoms with Crippen LogP contribution in [0.5, 0.6) is 0 Å². The van der Waals surface area contributed by atoms with E-state index in [1.165, 1.54) is 11.3 Å². The second-order valence-electron chi connectivity index (χ2n) is 7.16. The molecule has 2 aromatic heterocycles. The Balaban J connectivity index is 1.78. The van der Waals surface area contributed by atoms with Crippen molar-refractivity contribution < 1.29 is 17.6 Å². The fraction of sp³-hybridized carbons (Fsp3) is 0.556. The molecule has 1 amide bonds. The molecule has 0 bridgehead atoms. The predicted octanol–water partition coefficient (Wildman–Crippen LogP) is 2.29. The molecule has 1 fully saturated rings. The molecule has 0 saturated carbocycles. The lowest BCUT2D eigenvalue weighted by Crippen LogP contribution is -2.42. The summed E-state index contributed by atoms with van der Waals surface area (Å²) in [5.74, 6) is 1.40. The predicted molar refractivity (Wildman–Crippen MR) is 106 cm³/mol. The molecule has 1 saturated heterocycles. The van der Waals surface area contributed by atoms with Gasteiger partial charge in [-0.25, -0.2) is 13.4 Å². The SMILES string of the molecule is Cc1ccc(-c2nc(C(=O)N(CCCN(C)C)C3CCS(=O)(=O)C3)cs2)o1. The smallest absolute Gasteiger partial charge is 0.273 e. The van der Waals surface area contributed by atoms with Crippen LogP contribution in [0.2, 0.25) is 0 Å². The number of nitrogens with zero attached hydrogens (tertiary/aromatic N) is 3.